The number of carbonyl (C=O) groups excluding carboxylic acids is 1. The number of hydrogen-bond donors (Lipinski definition) is 3. The van der Waals surface area contributed by atoms with Crippen molar-refractivity contribution in [2.24, 2.45) is 5.73 Å². The number of amides is 1. The zero-order valence-corrected chi connectivity index (χ0v) is 10.7. The first kappa shape index (κ1) is 12.9. The van der Waals surface area contributed by atoms with E-state index in [0.717, 1.165) is 16.1 Å². The van der Waals surface area contributed by atoms with Gasteiger partial charge in [0.15, 0.2) is 0 Å². The molecule has 0 bridgehead atoms. The molecule has 1 aliphatic heterocycles. The Hall–Kier alpha value is -1.53. The Bertz CT molecular complexity index is 504. The van der Waals surface area contributed by atoms with Crippen LogP contribution in [0.15, 0.2) is 23.1 Å². The summed E-state index contributed by atoms with van der Waals surface area (Å²) in [5.41, 5.74) is 7.34. The molecule has 0 saturated heterocycles. The van der Waals surface area contributed by atoms with Crippen LogP contribution in [0.4, 0.5) is 5.69 Å². The van der Waals surface area contributed by atoms with E-state index in [9.17, 15) is 9.59 Å². The lowest BCUT2D eigenvalue weighted by Gasteiger charge is -2.22. The Morgan fingerprint density at radius 2 is 2.33 bits per heavy atom. The Labute approximate surface area is 109 Å². The predicted molar refractivity (Wildman–Crippen MR) is 69.6 cm³/mol. The first-order chi connectivity index (χ1) is 8.47. The number of thioether (sulfide) groups is 1. The molecule has 96 valence electrons. The second-order valence-corrected chi connectivity index (χ2v) is 5.59. The second-order valence-electron chi connectivity index (χ2n) is 4.21. The largest absolute Gasteiger partial charge is 0.481 e. The van der Waals surface area contributed by atoms with Crippen molar-refractivity contribution < 1.29 is 14.7 Å². The summed E-state index contributed by atoms with van der Waals surface area (Å²) in [6, 6.07) is 4.84. The third-order valence-electron chi connectivity index (χ3n) is 2.76. The molecule has 0 aromatic heterocycles. The van der Waals surface area contributed by atoms with Crippen LogP contribution in [0.2, 0.25) is 0 Å². The van der Waals surface area contributed by atoms with E-state index in [1.54, 1.807) is 12.1 Å². The van der Waals surface area contributed by atoms with Crippen LogP contribution >= 0.6 is 11.8 Å². The summed E-state index contributed by atoms with van der Waals surface area (Å²) in [5, 5.41) is 11.4. The van der Waals surface area contributed by atoms with Crippen molar-refractivity contribution in [2.45, 2.75) is 29.5 Å². The minimum Gasteiger partial charge on any atom is -0.481 e. The van der Waals surface area contributed by atoms with Gasteiger partial charge in [-0.3, -0.25) is 9.59 Å². The van der Waals surface area contributed by atoms with Crippen LogP contribution in [0.1, 0.15) is 24.9 Å². The average molecular weight is 266 g/mol. The van der Waals surface area contributed by atoms with Crippen LogP contribution in [0, 0.1) is 0 Å². The van der Waals surface area contributed by atoms with E-state index in [1.807, 2.05) is 13.0 Å². The molecule has 6 heteroatoms. The highest BCUT2D eigenvalue weighted by Gasteiger charge is 2.23. The van der Waals surface area contributed by atoms with Gasteiger partial charge in [0, 0.05) is 10.9 Å². The van der Waals surface area contributed by atoms with Gasteiger partial charge in [0.1, 0.15) is 0 Å². The molecule has 1 aromatic carbocycles. The van der Waals surface area contributed by atoms with E-state index in [2.05, 4.69) is 5.32 Å². The number of carboxylic acid groups (broad SMARTS) is 1. The number of hydrogen-bond acceptors (Lipinski definition) is 4. The fourth-order valence-electron chi connectivity index (χ4n) is 1.75. The third kappa shape index (κ3) is 2.65. The fraction of sp³-hybridized carbons (Fsp3) is 0.333. The van der Waals surface area contributed by atoms with Gasteiger partial charge in [-0.25, -0.2) is 0 Å². The number of benzene rings is 1. The van der Waals surface area contributed by atoms with Crippen LogP contribution in [0.3, 0.4) is 0 Å². The molecule has 2 atom stereocenters. The number of nitrogens with two attached hydrogens (primary N) is 1. The Balaban J connectivity index is 2.24. The van der Waals surface area contributed by atoms with Crippen molar-refractivity contribution >= 4 is 29.3 Å². The molecule has 2 unspecified atom stereocenters. The van der Waals surface area contributed by atoms with Gasteiger partial charge in [-0.2, -0.15) is 0 Å². The van der Waals surface area contributed by atoms with Crippen LogP contribution in [-0.4, -0.2) is 22.2 Å². The van der Waals surface area contributed by atoms with Crippen molar-refractivity contribution in [3.63, 3.8) is 0 Å². The molecular weight excluding hydrogens is 252 g/mol. The molecule has 1 heterocycles. The van der Waals surface area contributed by atoms with E-state index in [0.29, 0.717) is 0 Å². The number of rotatable bonds is 3. The summed E-state index contributed by atoms with van der Waals surface area (Å²) in [4.78, 5) is 23.0. The molecule has 18 heavy (non-hydrogen) atoms. The van der Waals surface area contributed by atoms with Gasteiger partial charge in [-0.05, 0) is 24.6 Å². The van der Waals surface area contributed by atoms with E-state index < -0.39 is 12.0 Å². The SMILES string of the molecule is CC1Sc2cc(C(N)CC(=O)O)ccc2NC1=O. The Kier molecular flexibility index (Phi) is 3.58. The van der Waals surface area contributed by atoms with Crippen LogP contribution in [0.25, 0.3) is 0 Å². The Morgan fingerprint density at radius 1 is 1.61 bits per heavy atom. The minimum absolute atomic E-state index is 0.0184. The second kappa shape index (κ2) is 4.99. The molecular formula is C12H14N2O3S. The lowest BCUT2D eigenvalue weighted by atomic mass is 10.0. The number of carboxylic acids is 1. The van der Waals surface area contributed by atoms with E-state index in [-0.39, 0.29) is 17.6 Å². The predicted octanol–water partition coefficient (Wildman–Crippen LogP) is 1.59. The molecule has 4 N–H and O–H groups in total. The fourth-order valence-corrected chi connectivity index (χ4v) is 2.75. The highest BCUT2D eigenvalue weighted by molar-refractivity contribution is 8.00. The van der Waals surface area contributed by atoms with Crippen molar-refractivity contribution in [2.75, 3.05) is 5.32 Å². The van der Waals surface area contributed by atoms with E-state index in [4.69, 9.17) is 10.8 Å². The summed E-state index contributed by atoms with van der Waals surface area (Å²) >= 11 is 1.46. The first-order valence-corrected chi connectivity index (χ1v) is 6.44. The van der Waals surface area contributed by atoms with Gasteiger partial charge in [-0.15, -0.1) is 11.8 Å². The zero-order valence-electron chi connectivity index (χ0n) is 9.84. The van der Waals surface area contributed by atoms with Gasteiger partial charge in [-0.1, -0.05) is 6.07 Å². The first-order valence-electron chi connectivity index (χ1n) is 5.56. The van der Waals surface area contributed by atoms with Gasteiger partial charge in [0.05, 0.1) is 17.4 Å². The monoisotopic (exact) mass is 266 g/mol. The Morgan fingerprint density at radius 3 is 3.00 bits per heavy atom. The zero-order chi connectivity index (χ0) is 13.3. The van der Waals surface area contributed by atoms with Gasteiger partial charge in [0.25, 0.3) is 0 Å². The molecule has 2 rings (SSSR count). The normalized spacial score (nSPS) is 19.9. The molecule has 1 aromatic rings. The number of aliphatic carboxylic acids is 1. The molecule has 5 nitrogen and oxygen atoms in total. The average Bonchev–Trinajstić information content (AvgIpc) is 2.29. The summed E-state index contributed by atoms with van der Waals surface area (Å²) in [7, 11) is 0. The summed E-state index contributed by atoms with van der Waals surface area (Å²) in [6.07, 6.45) is -0.106. The third-order valence-corrected chi connectivity index (χ3v) is 3.92. The van der Waals surface area contributed by atoms with Crippen molar-refractivity contribution in [1.82, 2.24) is 0 Å². The number of fused-ring (bicyclic) bond motifs is 1. The van der Waals surface area contributed by atoms with Crippen molar-refractivity contribution in [3.05, 3.63) is 23.8 Å². The van der Waals surface area contributed by atoms with Gasteiger partial charge >= 0.3 is 5.97 Å². The highest BCUT2D eigenvalue weighted by atomic mass is 32.2. The van der Waals surface area contributed by atoms with Gasteiger partial charge < -0.3 is 16.2 Å². The molecule has 0 saturated carbocycles. The van der Waals surface area contributed by atoms with Gasteiger partial charge in [0.2, 0.25) is 5.91 Å². The standard InChI is InChI=1S/C12H14N2O3S/c1-6-12(17)14-9-3-2-7(4-10(9)18-6)8(13)5-11(15)16/h2-4,6,8H,5,13H2,1H3,(H,14,17)(H,15,16). The smallest absolute Gasteiger partial charge is 0.305 e. The van der Waals surface area contributed by atoms with Crippen LogP contribution in [0.5, 0.6) is 0 Å². The van der Waals surface area contributed by atoms with Crippen molar-refractivity contribution in [1.29, 1.82) is 0 Å². The van der Waals surface area contributed by atoms with E-state index >= 15 is 0 Å². The summed E-state index contributed by atoms with van der Waals surface area (Å²) in [5.74, 6) is -0.940. The molecule has 0 aliphatic carbocycles. The van der Waals surface area contributed by atoms with E-state index in [1.165, 1.54) is 11.8 Å². The summed E-state index contributed by atoms with van der Waals surface area (Å²) in [6.45, 7) is 1.83. The number of nitrogens with one attached hydrogen (secondary N) is 1. The minimum atomic E-state index is -0.922. The maximum absolute atomic E-state index is 11.5. The van der Waals surface area contributed by atoms with Crippen LogP contribution in [-0.2, 0) is 9.59 Å². The van der Waals surface area contributed by atoms with Crippen LogP contribution < -0.4 is 11.1 Å². The maximum Gasteiger partial charge on any atom is 0.305 e. The number of carbonyl (C=O) groups is 2. The molecule has 1 aliphatic rings. The maximum atomic E-state index is 11.5. The molecule has 0 fully saturated rings. The lowest BCUT2D eigenvalue weighted by Crippen LogP contribution is -2.26. The van der Waals surface area contributed by atoms with Crippen molar-refractivity contribution in [3.8, 4) is 0 Å². The quantitative estimate of drug-likeness (QED) is 0.772. The topological polar surface area (TPSA) is 92.4 Å². The molecule has 0 spiro atoms. The highest BCUT2D eigenvalue weighted by Crippen LogP contribution is 2.37. The lowest BCUT2D eigenvalue weighted by molar-refractivity contribution is -0.137. The number of anilines is 1. The molecule has 0 radical (unpaired) electrons. The molecule has 1 amide bonds. The summed E-state index contributed by atoms with van der Waals surface area (Å²) < 4.78 is 0.